The summed E-state index contributed by atoms with van der Waals surface area (Å²) in [4.78, 5) is 11.8. The third kappa shape index (κ3) is 5.21. The lowest BCUT2D eigenvalue weighted by Crippen LogP contribution is -2.27. The van der Waals surface area contributed by atoms with Crippen molar-refractivity contribution in [3.8, 4) is 0 Å². The summed E-state index contributed by atoms with van der Waals surface area (Å²) >= 11 is 0. The van der Waals surface area contributed by atoms with Gasteiger partial charge in [-0.3, -0.25) is 4.79 Å². The number of nitrogen functional groups attached to an aromatic ring is 1. The van der Waals surface area contributed by atoms with E-state index in [2.05, 4.69) is 5.32 Å². The minimum absolute atomic E-state index is 0.0346. The number of hydrogen-bond acceptors (Lipinski definition) is 4. The fourth-order valence-electron chi connectivity index (χ4n) is 1.77. The Morgan fingerprint density at radius 3 is 2.65 bits per heavy atom. The number of nitrogens with one attached hydrogen (secondary N) is 1. The van der Waals surface area contributed by atoms with E-state index < -0.39 is 21.5 Å². The van der Waals surface area contributed by atoms with Crippen LogP contribution in [0.3, 0.4) is 0 Å². The molecule has 0 aliphatic rings. The van der Waals surface area contributed by atoms with E-state index in [9.17, 15) is 13.2 Å². The number of amides is 1. The number of rotatable bonds is 6. The molecule has 0 aromatic heterocycles. The van der Waals surface area contributed by atoms with Crippen LogP contribution < -0.4 is 11.1 Å². The van der Waals surface area contributed by atoms with Crippen molar-refractivity contribution in [3.05, 3.63) is 23.8 Å². The maximum atomic E-state index is 11.9. The molecule has 0 aliphatic heterocycles. The van der Waals surface area contributed by atoms with E-state index in [1.54, 1.807) is 18.2 Å². The second-order valence-electron chi connectivity index (χ2n) is 5.19. The Hall–Kier alpha value is -1.56. The van der Waals surface area contributed by atoms with Crippen molar-refractivity contribution in [1.82, 2.24) is 0 Å². The summed E-state index contributed by atoms with van der Waals surface area (Å²) < 4.78 is 23.7. The van der Waals surface area contributed by atoms with Crippen LogP contribution in [0.4, 0.5) is 11.4 Å². The molecule has 0 aliphatic carbocycles. The van der Waals surface area contributed by atoms with E-state index >= 15 is 0 Å². The van der Waals surface area contributed by atoms with Crippen LogP contribution in [0.25, 0.3) is 0 Å². The molecule has 6 heteroatoms. The van der Waals surface area contributed by atoms with Gasteiger partial charge in [-0.25, -0.2) is 8.42 Å². The van der Waals surface area contributed by atoms with Crippen molar-refractivity contribution < 1.29 is 13.2 Å². The zero-order valence-electron chi connectivity index (χ0n) is 12.1. The number of benzene rings is 1. The van der Waals surface area contributed by atoms with Crippen LogP contribution in [-0.2, 0) is 14.6 Å². The number of carbonyl (C=O) groups is 1. The fourth-order valence-corrected chi connectivity index (χ4v) is 3.46. The second kappa shape index (κ2) is 6.74. The quantitative estimate of drug-likeness (QED) is 0.786. The lowest BCUT2D eigenvalue weighted by molar-refractivity contribution is -0.113. The zero-order valence-corrected chi connectivity index (χ0v) is 13.0. The van der Waals surface area contributed by atoms with Crippen LogP contribution in [0.1, 0.15) is 25.8 Å². The van der Waals surface area contributed by atoms with Gasteiger partial charge in [-0.1, -0.05) is 26.3 Å². The third-order valence-electron chi connectivity index (χ3n) is 3.12. The normalized spacial score (nSPS) is 12.9. The molecule has 0 radical (unpaired) electrons. The van der Waals surface area contributed by atoms with Gasteiger partial charge >= 0.3 is 0 Å². The van der Waals surface area contributed by atoms with Gasteiger partial charge in [0.15, 0.2) is 9.84 Å². The minimum Gasteiger partial charge on any atom is -0.399 e. The van der Waals surface area contributed by atoms with Gasteiger partial charge in [-0.2, -0.15) is 0 Å². The molecule has 5 nitrogen and oxygen atoms in total. The molecule has 0 saturated heterocycles. The van der Waals surface area contributed by atoms with Crippen molar-refractivity contribution in [2.75, 3.05) is 22.6 Å². The SMILES string of the molecule is CCC(C)CS(=O)(=O)CC(=O)Nc1cc(N)ccc1C. The maximum Gasteiger partial charge on any atom is 0.239 e. The molecule has 0 saturated carbocycles. The first-order chi connectivity index (χ1) is 9.23. The van der Waals surface area contributed by atoms with Gasteiger partial charge in [-0.05, 0) is 30.5 Å². The first kappa shape index (κ1) is 16.5. The molecule has 1 aromatic rings. The summed E-state index contributed by atoms with van der Waals surface area (Å²) in [6.45, 7) is 5.61. The van der Waals surface area contributed by atoms with Gasteiger partial charge in [0.1, 0.15) is 5.75 Å². The molecule has 0 fully saturated rings. The fraction of sp³-hybridized carbons (Fsp3) is 0.500. The first-order valence-electron chi connectivity index (χ1n) is 6.60. The highest BCUT2D eigenvalue weighted by Crippen LogP contribution is 2.18. The molecule has 0 bridgehead atoms. The van der Waals surface area contributed by atoms with Gasteiger partial charge in [0.05, 0.1) is 5.75 Å². The van der Waals surface area contributed by atoms with Gasteiger partial charge < -0.3 is 11.1 Å². The molecule has 112 valence electrons. The van der Waals surface area contributed by atoms with Gasteiger partial charge in [0.2, 0.25) is 5.91 Å². The molecule has 1 atom stereocenters. The molecule has 1 rings (SSSR count). The molecule has 1 amide bonds. The third-order valence-corrected chi connectivity index (χ3v) is 4.90. The number of sulfone groups is 1. The molecule has 1 aromatic carbocycles. The van der Waals surface area contributed by atoms with Gasteiger partial charge in [0, 0.05) is 11.4 Å². The van der Waals surface area contributed by atoms with Crippen LogP contribution in [-0.4, -0.2) is 25.8 Å². The molecule has 0 spiro atoms. The van der Waals surface area contributed by atoms with Crippen LogP contribution in [0.2, 0.25) is 0 Å². The predicted octanol–water partition coefficient (Wildman–Crippen LogP) is 1.98. The van der Waals surface area contributed by atoms with Crippen molar-refractivity contribution in [2.45, 2.75) is 27.2 Å². The summed E-state index contributed by atoms with van der Waals surface area (Å²) in [6, 6.07) is 5.12. The average Bonchev–Trinajstić information content (AvgIpc) is 2.32. The van der Waals surface area contributed by atoms with Crippen molar-refractivity contribution in [3.63, 3.8) is 0 Å². The summed E-state index contributed by atoms with van der Waals surface area (Å²) in [5.41, 5.74) is 7.56. The predicted molar refractivity (Wildman–Crippen MR) is 82.3 cm³/mol. The summed E-state index contributed by atoms with van der Waals surface area (Å²) in [5, 5.41) is 2.60. The summed E-state index contributed by atoms with van der Waals surface area (Å²) in [5.74, 6) is -0.929. The van der Waals surface area contributed by atoms with Crippen LogP contribution in [0.15, 0.2) is 18.2 Å². The molecular formula is C14H22N2O3S. The average molecular weight is 298 g/mol. The molecule has 20 heavy (non-hydrogen) atoms. The summed E-state index contributed by atoms with van der Waals surface area (Å²) in [6.07, 6.45) is 0.773. The number of carbonyl (C=O) groups excluding carboxylic acids is 1. The first-order valence-corrected chi connectivity index (χ1v) is 8.42. The molecule has 0 heterocycles. The largest absolute Gasteiger partial charge is 0.399 e. The van der Waals surface area contributed by atoms with E-state index in [1.807, 2.05) is 20.8 Å². The van der Waals surface area contributed by atoms with E-state index in [0.29, 0.717) is 11.4 Å². The number of anilines is 2. The van der Waals surface area contributed by atoms with Crippen molar-refractivity contribution in [1.29, 1.82) is 0 Å². The Kier molecular flexibility index (Phi) is 5.56. The van der Waals surface area contributed by atoms with Crippen LogP contribution >= 0.6 is 0 Å². The Bertz CT molecular complexity index is 582. The van der Waals surface area contributed by atoms with Crippen LogP contribution in [0.5, 0.6) is 0 Å². The highest BCUT2D eigenvalue weighted by molar-refractivity contribution is 7.92. The Morgan fingerprint density at radius 1 is 1.40 bits per heavy atom. The van der Waals surface area contributed by atoms with Crippen molar-refractivity contribution >= 4 is 27.1 Å². The van der Waals surface area contributed by atoms with E-state index in [-0.39, 0.29) is 11.7 Å². The standard InChI is InChI=1S/C14H22N2O3S/c1-4-10(2)8-20(18,19)9-14(17)16-13-7-12(15)6-5-11(13)3/h5-7,10H,4,8-9,15H2,1-3H3,(H,16,17). The van der Waals surface area contributed by atoms with Crippen molar-refractivity contribution in [2.24, 2.45) is 5.92 Å². The number of aryl methyl sites for hydroxylation is 1. The zero-order chi connectivity index (χ0) is 15.3. The Balaban J connectivity index is 2.70. The topological polar surface area (TPSA) is 89.3 Å². The van der Waals surface area contributed by atoms with E-state index in [4.69, 9.17) is 5.73 Å². The van der Waals surface area contributed by atoms with Gasteiger partial charge in [-0.15, -0.1) is 0 Å². The van der Waals surface area contributed by atoms with Gasteiger partial charge in [0.25, 0.3) is 0 Å². The maximum absolute atomic E-state index is 11.9. The second-order valence-corrected chi connectivity index (χ2v) is 7.30. The molecule has 1 unspecified atom stereocenters. The highest BCUT2D eigenvalue weighted by Gasteiger charge is 2.19. The van der Waals surface area contributed by atoms with E-state index in [0.717, 1.165) is 12.0 Å². The molecular weight excluding hydrogens is 276 g/mol. The molecule has 3 N–H and O–H groups in total. The Labute approximate surface area is 120 Å². The van der Waals surface area contributed by atoms with E-state index in [1.165, 1.54) is 0 Å². The lowest BCUT2D eigenvalue weighted by atomic mass is 10.2. The summed E-state index contributed by atoms with van der Waals surface area (Å²) in [7, 11) is -3.38. The number of hydrogen-bond donors (Lipinski definition) is 2. The monoisotopic (exact) mass is 298 g/mol. The van der Waals surface area contributed by atoms with Crippen LogP contribution in [0, 0.1) is 12.8 Å². The lowest BCUT2D eigenvalue weighted by Gasteiger charge is -2.11. The smallest absolute Gasteiger partial charge is 0.239 e. The Morgan fingerprint density at radius 2 is 2.05 bits per heavy atom. The minimum atomic E-state index is -3.38. The highest BCUT2D eigenvalue weighted by atomic mass is 32.2. The number of nitrogens with two attached hydrogens (primary N) is 1.